The summed E-state index contributed by atoms with van der Waals surface area (Å²) in [5, 5.41) is 4.88. The Morgan fingerprint density at radius 1 is 1.17 bits per heavy atom. The molecular weight excluding hydrogens is 322 g/mol. The van der Waals surface area contributed by atoms with Gasteiger partial charge in [0.25, 0.3) is 0 Å². The number of aromatic nitrogens is 1. The van der Waals surface area contributed by atoms with Gasteiger partial charge in [-0.25, -0.2) is 13.1 Å². The molecule has 2 aromatic rings. The first-order valence-electron chi connectivity index (χ1n) is 8.60. The van der Waals surface area contributed by atoms with Crippen LogP contribution in [-0.4, -0.2) is 32.5 Å². The van der Waals surface area contributed by atoms with Crippen LogP contribution in [0.4, 0.5) is 0 Å². The van der Waals surface area contributed by atoms with Crippen molar-refractivity contribution in [3.8, 4) is 0 Å². The lowest BCUT2D eigenvalue weighted by Crippen LogP contribution is -2.39. The van der Waals surface area contributed by atoms with Gasteiger partial charge in [0.05, 0.1) is 4.90 Å². The van der Waals surface area contributed by atoms with E-state index in [1.165, 1.54) is 19.3 Å². The standard InChI is InChI=1S/C18H27N3O2S/c1-3-4-5-6-11-20-15(2)13-21-24(22,23)18-9-7-8-16-14-19-12-10-17(16)18/h7-10,12,14-15,20-21H,3-6,11,13H2,1-2H3. The molecule has 0 saturated heterocycles. The van der Waals surface area contributed by atoms with Crippen molar-refractivity contribution < 1.29 is 8.42 Å². The summed E-state index contributed by atoms with van der Waals surface area (Å²) in [7, 11) is -3.54. The van der Waals surface area contributed by atoms with Crippen molar-refractivity contribution in [3.63, 3.8) is 0 Å². The van der Waals surface area contributed by atoms with Crippen LogP contribution in [0.5, 0.6) is 0 Å². The quantitative estimate of drug-likeness (QED) is 0.647. The van der Waals surface area contributed by atoms with Crippen LogP contribution in [0.1, 0.15) is 39.5 Å². The normalized spacial score (nSPS) is 13.2. The monoisotopic (exact) mass is 349 g/mol. The Kier molecular flexibility index (Phi) is 7.15. The van der Waals surface area contributed by atoms with Gasteiger partial charge in [-0.2, -0.15) is 0 Å². The average Bonchev–Trinajstić information content (AvgIpc) is 2.59. The molecule has 132 valence electrons. The predicted molar refractivity (Wildman–Crippen MR) is 98.5 cm³/mol. The first-order chi connectivity index (χ1) is 11.5. The summed E-state index contributed by atoms with van der Waals surface area (Å²) in [6.45, 7) is 5.48. The first kappa shape index (κ1) is 18.8. The fourth-order valence-corrected chi connectivity index (χ4v) is 3.97. The summed E-state index contributed by atoms with van der Waals surface area (Å²) >= 11 is 0. The Balaban J connectivity index is 1.93. The molecule has 0 spiro atoms. The third kappa shape index (κ3) is 5.26. The second kappa shape index (κ2) is 9.11. The van der Waals surface area contributed by atoms with E-state index in [1.807, 2.05) is 13.0 Å². The molecule has 6 heteroatoms. The Bertz CT molecular complexity index is 742. The van der Waals surface area contributed by atoms with Crippen LogP contribution in [0, 0.1) is 0 Å². The van der Waals surface area contributed by atoms with Gasteiger partial charge in [-0.05, 0) is 32.0 Å². The molecule has 0 amide bonds. The summed E-state index contributed by atoms with van der Waals surface area (Å²) in [4.78, 5) is 4.34. The van der Waals surface area contributed by atoms with Crippen molar-refractivity contribution in [2.24, 2.45) is 0 Å². The van der Waals surface area contributed by atoms with Gasteiger partial charge >= 0.3 is 0 Å². The van der Waals surface area contributed by atoms with E-state index in [0.29, 0.717) is 16.8 Å². The molecule has 1 aromatic carbocycles. The second-order valence-corrected chi connectivity index (χ2v) is 7.86. The largest absolute Gasteiger partial charge is 0.313 e. The lowest BCUT2D eigenvalue weighted by atomic mass is 10.2. The van der Waals surface area contributed by atoms with E-state index >= 15 is 0 Å². The number of hydrogen-bond donors (Lipinski definition) is 2. The van der Waals surface area contributed by atoms with Crippen molar-refractivity contribution >= 4 is 20.8 Å². The highest BCUT2D eigenvalue weighted by atomic mass is 32.2. The molecule has 0 radical (unpaired) electrons. The third-order valence-electron chi connectivity index (χ3n) is 4.03. The fraction of sp³-hybridized carbons (Fsp3) is 0.500. The summed E-state index contributed by atoms with van der Waals surface area (Å²) in [6.07, 6.45) is 8.10. The molecule has 0 saturated carbocycles. The molecule has 0 aliphatic carbocycles. The first-order valence-corrected chi connectivity index (χ1v) is 10.1. The second-order valence-electron chi connectivity index (χ2n) is 6.12. The molecule has 1 unspecified atom stereocenters. The van der Waals surface area contributed by atoms with E-state index < -0.39 is 10.0 Å². The van der Waals surface area contributed by atoms with Crippen LogP contribution in [0.2, 0.25) is 0 Å². The van der Waals surface area contributed by atoms with E-state index in [4.69, 9.17) is 0 Å². The van der Waals surface area contributed by atoms with Crippen molar-refractivity contribution in [3.05, 3.63) is 36.7 Å². The zero-order chi connectivity index (χ0) is 17.4. The maximum Gasteiger partial charge on any atom is 0.241 e. The number of sulfonamides is 1. The molecule has 1 atom stereocenters. The van der Waals surface area contributed by atoms with Crippen LogP contribution in [0.3, 0.4) is 0 Å². The Hall–Kier alpha value is -1.50. The molecule has 2 N–H and O–H groups in total. The number of pyridine rings is 1. The van der Waals surface area contributed by atoms with Gasteiger partial charge in [-0.3, -0.25) is 4.98 Å². The van der Waals surface area contributed by atoms with Gasteiger partial charge in [0.15, 0.2) is 0 Å². The Morgan fingerprint density at radius 3 is 2.79 bits per heavy atom. The van der Waals surface area contributed by atoms with Crippen LogP contribution in [-0.2, 0) is 10.0 Å². The van der Waals surface area contributed by atoms with Gasteiger partial charge in [0, 0.05) is 35.8 Å². The lowest BCUT2D eigenvalue weighted by molar-refractivity contribution is 0.506. The molecule has 2 rings (SSSR count). The van der Waals surface area contributed by atoms with E-state index in [-0.39, 0.29) is 6.04 Å². The van der Waals surface area contributed by atoms with E-state index in [0.717, 1.165) is 18.4 Å². The van der Waals surface area contributed by atoms with Crippen molar-refractivity contribution in [2.75, 3.05) is 13.1 Å². The van der Waals surface area contributed by atoms with Crippen LogP contribution in [0.15, 0.2) is 41.6 Å². The number of nitrogens with one attached hydrogen (secondary N) is 2. The topological polar surface area (TPSA) is 71.1 Å². The summed E-state index contributed by atoms with van der Waals surface area (Å²) < 4.78 is 27.9. The highest BCUT2D eigenvalue weighted by molar-refractivity contribution is 7.89. The number of hydrogen-bond acceptors (Lipinski definition) is 4. The van der Waals surface area contributed by atoms with Crippen LogP contribution in [0.25, 0.3) is 10.8 Å². The van der Waals surface area contributed by atoms with Gasteiger partial charge in [0.2, 0.25) is 10.0 Å². The number of rotatable bonds is 10. The molecule has 0 aliphatic rings. The summed E-state index contributed by atoms with van der Waals surface area (Å²) in [5.74, 6) is 0. The molecule has 24 heavy (non-hydrogen) atoms. The van der Waals surface area contributed by atoms with Gasteiger partial charge in [-0.15, -0.1) is 0 Å². The molecular formula is C18H27N3O2S. The number of nitrogens with zero attached hydrogens (tertiary/aromatic N) is 1. The number of unbranched alkanes of at least 4 members (excludes halogenated alkanes) is 3. The predicted octanol–water partition coefficient (Wildman–Crippen LogP) is 3.07. The highest BCUT2D eigenvalue weighted by Crippen LogP contribution is 2.21. The van der Waals surface area contributed by atoms with Gasteiger partial charge in [0.1, 0.15) is 0 Å². The molecule has 0 fully saturated rings. The average molecular weight is 350 g/mol. The lowest BCUT2D eigenvalue weighted by Gasteiger charge is -2.15. The smallest absolute Gasteiger partial charge is 0.241 e. The van der Waals surface area contributed by atoms with Crippen molar-refractivity contribution in [1.82, 2.24) is 15.0 Å². The highest BCUT2D eigenvalue weighted by Gasteiger charge is 2.17. The van der Waals surface area contributed by atoms with Crippen LogP contribution >= 0.6 is 0 Å². The molecule has 0 aliphatic heterocycles. The maximum atomic E-state index is 12.6. The van der Waals surface area contributed by atoms with Crippen LogP contribution < -0.4 is 10.0 Å². The zero-order valence-electron chi connectivity index (χ0n) is 14.5. The Morgan fingerprint density at radius 2 is 2.00 bits per heavy atom. The molecule has 0 bridgehead atoms. The van der Waals surface area contributed by atoms with E-state index in [9.17, 15) is 8.42 Å². The maximum absolute atomic E-state index is 12.6. The zero-order valence-corrected chi connectivity index (χ0v) is 15.3. The molecule has 5 nitrogen and oxygen atoms in total. The Labute approximate surface area is 144 Å². The summed E-state index contributed by atoms with van der Waals surface area (Å²) in [6, 6.07) is 7.07. The van der Waals surface area contributed by atoms with Crippen molar-refractivity contribution in [2.45, 2.75) is 50.5 Å². The minimum absolute atomic E-state index is 0.0954. The molecule has 1 aromatic heterocycles. The minimum Gasteiger partial charge on any atom is -0.313 e. The minimum atomic E-state index is -3.54. The SMILES string of the molecule is CCCCCCNC(C)CNS(=O)(=O)c1cccc2cnccc12. The van der Waals surface area contributed by atoms with E-state index in [1.54, 1.807) is 30.6 Å². The fourth-order valence-electron chi connectivity index (χ4n) is 2.61. The third-order valence-corrected chi connectivity index (χ3v) is 5.51. The number of fused-ring (bicyclic) bond motifs is 1. The van der Waals surface area contributed by atoms with E-state index in [2.05, 4.69) is 21.9 Å². The molecule has 1 heterocycles. The van der Waals surface area contributed by atoms with Crippen molar-refractivity contribution in [1.29, 1.82) is 0 Å². The number of benzene rings is 1. The van der Waals surface area contributed by atoms with Gasteiger partial charge < -0.3 is 5.32 Å². The van der Waals surface area contributed by atoms with Gasteiger partial charge in [-0.1, -0.05) is 38.3 Å². The summed E-state index contributed by atoms with van der Waals surface area (Å²) in [5.41, 5.74) is 0.